The number of nitrogens with zero attached hydrogens (tertiary/aromatic N) is 5. The van der Waals surface area contributed by atoms with E-state index >= 15 is 0 Å². The first-order valence-corrected chi connectivity index (χ1v) is 9.60. The number of carbonyl (C=O) groups excluding carboxylic acids is 1. The lowest BCUT2D eigenvalue weighted by atomic mass is 10.2. The molecule has 1 aromatic heterocycles. The van der Waals surface area contributed by atoms with Crippen molar-refractivity contribution in [1.82, 2.24) is 14.8 Å². The summed E-state index contributed by atoms with van der Waals surface area (Å²) in [6.07, 6.45) is 1.65. The van der Waals surface area contributed by atoms with Gasteiger partial charge < -0.3 is 4.90 Å². The molecule has 1 amide bonds. The monoisotopic (exact) mass is 395 g/mol. The topological polar surface area (TPSA) is 74.8 Å². The van der Waals surface area contributed by atoms with Gasteiger partial charge in [-0.05, 0) is 31.2 Å². The van der Waals surface area contributed by atoms with E-state index in [0.29, 0.717) is 17.4 Å². The fourth-order valence-electron chi connectivity index (χ4n) is 2.62. The summed E-state index contributed by atoms with van der Waals surface area (Å²) in [7, 11) is 0. The van der Waals surface area contributed by atoms with E-state index in [0.717, 1.165) is 11.3 Å². The van der Waals surface area contributed by atoms with Gasteiger partial charge in [-0.1, -0.05) is 41.6 Å². The molecule has 0 saturated carbocycles. The van der Waals surface area contributed by atoms with Crippen molar-refractivity contribution in [3.8, 4) is 11.8 Å². The molecule has 0 saturated heterocycles. The zero-order valence-electron chi connectivity index (χ0n) is 15.2. The smallest absolute Gasteiger partial charge is 0.237 e. The average Bonchev–Trinajstić information content (AvgIpc) is 3.16. The highest BCUT2D eigenvalue weighted by molar-refractivity contribution is 7.99. The van der Waals surface area contributed by atoms with Crippen LogP contribution in [0.3, 0.4) is 0 Å². The van der Waals surface area contributed by atoms with Crippen LogP contribution in [0.1, 0.15) is 12.0 Å². The number of benzene rings is 2. The lowest BCUT2D eigenvalue weighted by molar-refractivity contribution is -0.116. The Morgan fingerprint density at radius 3 is 2.71 bits per heavy atom. The van der Waals surface area contributed by atoms with Crippen molar-refractivity contribution in [3.05, 3.63) is 66.2 Å². The molecule has 0 aliphatic carbocycles. The van der Waals surface area contributed by atoms with Gasteiger partial charge in [0.25, 0.3) is 0 Å². The van der Waals surface area contributed by atoms with Gasteiger partial charge in [0.2, 0.25) is 5.91 Å². The first kappa shape index (κ1) is 19.6. The van der Waals surface area contributed by atoms with E-state index in [2.05, 4.69) is 16.3 Å². The van der Waals surface area contributed by atoms with Crippen molar-refractivity contribution in [1.29, 1.82) is 5.26 Å². The minimum Gasteiger partial charge on any atom is -0.311 e. The van der Waals surface area contributed by atoms with Gasteiger partial charge in [0.1, 0.15) is 12.1 Å². The number of anilines is 1. The number of aryl methyl sites for hydroxylation is 1. The average molecular weight is 395 g/mol. The van der Waals surface area contributed by atoms with E-state index in [4.69, 9.17) is 5.26 Å². The normalized spacial score (nSPS) is 10.5. The molecule has 0 aliphatic heterocycles. The van der Waals surface area contributed by atoms with Crippen molar-refractivity contribution >= 4 is 23.4 Å². The molecule has 0 aliphatic rings. The first-order valence-electron chi connectivity index (χ1n) is 8.62. The number of amides is 1. The number of halogens is 1. The highest BCUT2D eigenvalue weighted by atomic mass is 32.2. The van der Waals surface area contributed by atoms with E-state index in [1.807, 2.05) is 31.2 Å². The van der Waals surface area contributed by atoms with E-state index in [-0.39, 0.29) is 18.1 Å². The third kappa shape index (κ3) is 4.56. The van der Waals surface area contributed by atoms with Crippen LogP contribution in [-0.2, 0) is 4.79 Å². The van der Waals surface area contributed by atoms with Crippen LogP contribution in [0, 0.1) is 24.1 Å². The molecule has 0 unspecified atom stereocenters. The molecular weight excluding hydrogens is 377 g/mol. The predicted molar refractivity (Wildman–Crippen MR) is 106 cm³/mol. The molecule has 142 valence electrons. The van der Waals surface area contributed by atoms with E-state index < -0.39 is 5.82 Å². The SMILES string of the molecule is Cc1ccc(N(CCC#N)C(=O)CSc2nncn2-c2ccccc2F)cc1. The van der Waals surface area contributed by atoms with Crippen LogP contribution in [0.4, 0.5) is 10.1 Å². The van der Waals surface area contributed by atoms with Crippen LogP contribution >= 0.6 is 11.8 Å². The number of aromatic nitrogens is 3. The summed E-state index contributed by atoms with van der Waals surface area (Å²) in [6.45, 7) is 2.27. The summed E-state index contributed by atoms with van der Waals surface area (Å²) in [6, 6.07) is 15.9. The Morgan fingerprint density at radius 1 is 1.25 bits per heavy atom. The second kappa shape index (κ2) is 9.15. The Labute approximate surface area is 166 Å². The predicted octanol–water partition coefficient (Wildman–Crippen LogP) is 3.75. The molecule has 0 fully saturated rings. The second-order valence-electron chi connectivity index (χ2n) is 6.01. The van der Waals surface area contributed by atoms with Crippen LogP contribution in [0.5, 0.6) is 0 Å². The third-order valence-electron chi connectivity index (χ3n) is 4.05. The molecular formula is C20H18FN5OS. The number of hydrogen-bond acceptors (Lipinski definition) is 5. The summed E-state index contributed by atoms with van der Waals surface area (Å²) in [5.74, 6) is -0.468. The summed E-state index contributed by atoms with van der Waals surface area (Å²) in [5, 5.41) is 17.2. The minimum absolute atomic E-state index is 0.0897. The Bertz CT molecular complexity index is 996. The molecule has 0 bridgehead atoms. The van der Waals surface area contributed by atoms with Gasteiger partial charge in [0.15, 0.2) is 5.16 Å². The number of thioether (sulfide) groups is 1. The van der Waals surface area contributed by atoms with Crippen molar-refractivity contribution in [3.63, 3.8) is 0 Å². The highest BCUT2D eigenvalue weighted by Gasteiger charge is 2.18. The summed E-state index contributed by atoms with van der Waals surface area (Å²) < 4.78 is 15.6. The minimum atomic E-state index is -0.397. The van der Waals surface area contributed by atoms with Crippen molar-refractivity contribution in [2.75, 3.05) is 17.2 Å². The summed E-state index contributed by atoms with van der Waals surface area (Å²) >= 11 is 1.17. The quantitative estimate of drug-likeness (QED) is 0.570. The molecule has 6 nitrogen and oxygen atoms in total. The van der Waals surface area contributed by atoms with E-state index in [1.165, 1.54) is 28.7 Å². The molecule has 0 radical (unpaired) electrons. The number of rotatable bonds is 7. The van der Waals surface area contributed by atoms with Crippen LogP contribution in [-0.4, -0.2) is 33.0 Å². The number of nitriles is 1. The van der Waals surface area contributed by atoms with Gasteiger partial charge >= 0.3 is 0 Å². The van der Waals surface area contributed by atoms with Crippen LogP contribution in [0.2, 0.25) is 0 Å². The molecule has 1 heterocycles. The zero-order valence-corrected chi connectivity index (χ0v) is 16.1. The van der Waals surface area contributed by atoms with Crippen LogP contribution in [0.15, 0.2) is 60.0 Å². The lowest BCUT2D eigenvalue weighted by Gasteiger charge is -2.21. The Balaban J connectivity index is 1.75. The molecule has 3 aromatic rings. The number of hydrogen-bond donors (Lipinski definition) is 0. The van der Waals surface area contributed by atoms with Crippen molar-refractivity contribution < 1.29 is 9.18 Å². The third-order valence-corrected chi connectivity index (χ3v) is 4.97. The van der Waals surface area contributed by atoms with Gasteiger partial charge in [-0.2, -0.15) is 5.26 Å². The fraction of sp³-hybridized carbons (Fsp3) is 0.200. The number of para-hydroxylation sites is 1. The Morgan fingerprint density at radius 2 is 2.00 bits per heavy atom. The number of carbonyl (C=O) groups is 1. The van der Waals surface area contributed by atoms with Crippen molar-refractivity contribution in [2.24, 2.45) is 0 Å². The first-order chi connectivity index (χ1) is 13.6. The molecule has 0 N–H and O–H groups in total. The van der Waals surface area contributed by atoms with Crippen molar-refractivity contribution in [2.45, 2.75) is 18.5 Å². The van der Waals surface area contributed by atoms with Gasteiger partial charge in [0, 0.05) is 12.2 Å². The summed E-state index contributed by atoms with van der Waals surface area (Å²) in [5.41, 5.74) is 2.15. The maximum atomic E-state index is 14.1. The highest BCUT2D eigenvalue weighted by Crippen LogP contribution is 2.23. The maximum Gasteiger partial charge on any atom is 0.237 e. The Hall–Kier alpha value is -3.18. The fourth-order valence-corrected chi connectivity index (χ4v) is 3.42. The summed E-state index contributed by atoms with van der Waals surface area (Å²) in [4.78, 5) is 14.4. The largest absolute Gasteiger partial charge is 0.311 e. The van der Waals surface area contributed by atoms with Gasteiger partial charge in [0.05, 0.1) is 23.9 Å². The second-order valence-corrected chi connectivity index (χ2v) is 6.96. The molecule has 2 aromatic carbocycles. The zero-order chi connectivity index (χ0) is 19.9. The standard InChI is InChI=1S/C20H18FN5OS/c1-15-7-9-16(10-8-15)25(12-4-11-22)19(27)13-28-20-24-23-14-26(20)18-6-3-2-5-17(18)21/h2-3,5-10,14H,4,12-13H2,1H3. The lowest BCUT2D eigenvalue weighted by Crippen LogP contribution is -2.33. The van der Waals surface area contributed by atoms with Gasteiger partial charge in [-0.25, -0.2) is 4.39 Å². The van der Waals surface area contributed by atoms with Crippen LogP contribution < -0.4 is 4.90 Å². The molecule has 3 rings (SSSR count). The van der Waals surface area contributed by atoms with Gasteiger partial charge in [-0.3, -0.25) is 9.36 Å². The van der Waals surface area contributed by atoms with E-state index in [1.54, 1.807) is 23.1 Å². The molecule has 8 heteroatoms. The molecule has 0 spiro atoms. The molecule has 28 heavy (non-hydrogen) atoms. The molecule has 0 atom stereocenters. The van der Waals surface area contributed by atoms with E-state index in [9.17, 15) is 9.18 Å². The maximum absolute atomic E-state index is 14.1. The van der Waals surface area contributed by atoms with Crippen LogP contribution in [0.25, 0.3) is 5.69 Å². The Kier molecular flexibility index (Phi) is 6.40. The van der Waals surface area contributed by atoms with Gasteiger partial charge in [-0.15, -0.1) is 10.2 Å².